The van der Waals surface area contributed by atoms with Gasteiger partial charge in [-0.3, -0.25) is 9.59 Å². The fourth-order valence-electron chi connectivity index (χ4n) is 5.67. The van der Waals surface area contributed by atoms with Crippen LogP contribution in [0.25, 0.3) is 0 Å². The molecule has 0 unspecified atom stereocenters. The number of hydrogen-bond acceptors (Lipinski definition) is 4. The number of carbonyl (C=O) groups is 2. The number of ketones is 1. The van der Waals surface area contributed by atoms with Crippen molar-refractivity contribution in [1.82, 2.24) is 9.88 Å². The quantitative estimate of drug-likeness (QED) is 0.281. The third-order valence-corrected chi connectivity index (χ3v) is 8.09. The van der Waals surface area contributed by atoms with Crippen molar-refractivity contribution in [3.8, 4) is 0 Å². The molecule has 38 heavy (non-hydrogen) atoms. The molecule has 5 heteroatoms. The Bertz CT molecular complexity index is 1320. The molecule has 0 atom stereocenters. The van der Waals surface area contributed by atoms with Crippen LogP contribution >= 0.6 is 0 Å². The number of carbonyl (C=O) groups excluding carboxylic acids is 2. The van der Waals surface area contributed by atoms with E-state index in [2.05, 4.69) is 49.1 Å². The third kappa shape index (κ3) is 4.99. The highest BCUT2D eigenvalue weighted by Gasteiger charge is 2.30. The molecule has 198 valence electrons. The van der Waals surface area contributed by atoms with Crippen LogP contribution < -0.4 is 4.90 Å². The standard InChI is InChI=1S/C33H39N3O2/c1-5-16-36(28-14-15-29(23(6-2)17-28)31(37)22(3)4)32-30(24-12-9-13-24)18-27(19-34-32)33(38)35-20-25-10-7-8-11-26(25)21-35/h7-8,10-11,14-15,17-19,22,24H,5-6,9,12-13,16,20-21H2,1-4H3. The Hall–Kier alpha value is -3.47. The minimum atomic E-state index is -0.0294. The van der Waals surface area contributed by atoms with Gasteiger partial charge in [-0.25, -0.2) is 4.98 Å². The maximum atomic E-state index is 13.6. The van der Waals surface area contributed by atoms with Crippen LogP contribution in [0.4, 0.5) is 11.5 Å². The SMILES string of the molecule is CCCN(c1ccc(C(=O)C(C)C)c(CC)c1)c1ncc(C(=O)N2Cc3ccccc3C2)cc1C1CCC1. The number of pyridine rings is 1. The molecule has 1 aliphatic heterocycles. The van der Waals surface area contributed by atoms with Gasteiger partial charge in [0, 0.05) is 43.0 Å². The van der Waals surface area contributed by atoms with Gasteiger partial charge in [-0.15, -0.1) is 0 Å². The highest BCUT2D eigenvalue weighted by molar-refractivity contribution is 5.99. The van der Waals surface area contributed by atoms with E-state index in [9.17, 15) is 9.59 Å². The van der Waals surface area contributed by atoms with Crippen molar-refractivity contribution in [2.75, 3.05) is 11.4 Å². The zero-order valence-electron chi connectivity index (χ0n) is 23.2. The van der Waals surface area contributed by atoms with Gasteiger partial charge < -0.3 is 9.80 Å². The Morgan fingerprint density at radius 2 is 1.74 bits per heavy atom. The first-order valence-corrected chi connectivity index (χ1v) is 14.2. The molecule has 5 rings (SSSR count). The van der Waals surface area contributed by atoms with Crippen LogP contribution in [0.1, 0.15) is 102 Å². The first-order chi connectivity index (χ1) is 18.4. The van der Waals surface area contributed by atoms with Crippen LogP contribution in [0.15, 0.2) is 54.7 Å². The van der Waals surface area contributed by atoms with Crippen molar-refractivity contribution in [3.05, 3.63) is 88.1 Å². The van der Waals surface area contributed by atoms with Gasteiger partial charge >= 0.3 is 0 Å². The molecule has 1 amide bonds. The van der Waals surface area contributed by atoms with E-state index < -0.39 is 0 Å². The number of aromatic nitrogens is 1. The Morgan fingerprint density at radius 1 is 1.03 bits per heavy atom. The molecular weight excluding hydrogens is 470 g/mol. The smallest absolute Gasteiger partial charge is 0.256 e. The number of anilines is 2. The molecule has 0 N–H and O–H groups in total. The second-order valence-electron chi connectivity index (χ2n) is 11.1. The van der Waals surface area contributed by atoms with Gasteiger partial charge in [0.15, 0.2) is 5.78 Å². The van der Waals surface area contributed by atoms with E-state index in [1.807, 2.05) is 36.9 Å². The normalized spacial score (nSPS) is 14.9. The van der Waals surface area contributed by atoms with Crippen LogP contribution in [0.5, 0.6) is 0 Å². The predicted octanol–water partition coefficient (Wildman–Crippen LogP) is 7.45. The summed E-state index contributed by atoms with van der Waals surface area (Å²) in [6.45, 7) is 10.3. The topological polar surface area (TPSA) is 53.5 Å². The van der Waals surface area contributed by atoms with E-state index >= 15 is 0 Å². The lowest BCUT2D eigenvalue weighted by atomic mass is 9.79. The van der Waals surface area contributed by atoms with Gasteiger partial charge in [-0.1, -0.05) is 58.4 Å². The predicted molar refractivity (Wildman–Crippen MR) is 153 cm³/mol. The van der Waals surface area contributed by atoms with Crippen LogP contribution in [-0.2, 0) is 19.5 Å². The maximum Gasteiger partial charge on any atom is 0.256 e. The van der Waals surface area contributed by atoms with Crippen molar-refractivity contribution >= 4 is 23.2 Å². The Balaban J connectivity index is 1.49. The summed E-state index contributed by atoms with van der Waals surface area (Å²) in [5, 5.41) is 0. The number of fused-ring (bicyclic) bond motifs is 1. The summed E-state index contributed by atoms with van der Waals surface area (Å²) in [7, 11) is 0. The zero-order chi connectivity index (χ0) is 26.8. The summed E-state index contributed by atoms with van der Waals surface area (Å²) >= 11 is 0. The second-order valence-corrected chi connectivity index (χ2v) is 11.1. The lowest BCUT2D eigenvalue weighted by Crippen LogP contribution is -2.27. The molecule has 0 radical (unpaired) electrons. The number of hydrogen-bond donors (Lipinski definition) is 0. The van der Waals surface area contributed by atoms with E-state index in [1.54, 1.807) is 6.20 Å². The van der Waals surface area contributed by atoms with E-state index in [0.29, 0.717) is 24.6 Å². The molecular formula is C33H39N3O2. The molecule has 0 saturated heterocycles. The summed E-state index contributed by atoms with van der Waals surface area (Å²) < 4.78 is 0. The average molecular weight is 510 g/mol. The maximum absolute atomic E-state index is 13.6. The third-order valence-electron chi connectivity index (χ3n) is 8.09. The number of amides is 1. The number of benzene rings is 2. The van der Waals surface area contributed by atoms with Gasteiger partial charge in [0.2, 0.25) is 0 Å². The molecule has 1 saturated carbocycles. The van der Waals surface area contributed by atoms with Crippen LogP contribution in [-0.4, -0.2) is 28.1 Å². The lowest BCUT2D eigenvalue weighted by Gasteiger charge is -2.33. The lowest BCUT2D eigenvalue weighted by molar-refractivity contribution is 0.0750. The van der Waals surface area contributed by atoms with E-state index in [-0.39, 0.29) is 17.6 Å². The minimum absolute atomic E-state index is 0.0294. The van der Waals surface area contributed by atoms with Gasteiger partial charge in [0.25, 0.3) is 5.91 Å². The zero-order valence-corrected chi connectivity index (χ0v) is 23.2. The summed E-state index contributed by atoms with van der Waals surface area (Å²) in [4.78, 5) is 35.5. The molecule has 1 aliphatic carbocycles. The van der Waals surface area contributed by atoms with Crippen molar-refractivity contribution in [1.29, 1.82) is 0 Å². The molecule has 2 aliphatic rings. The van der Waals surface area contributed by atoms with Gasteiger partial charge in [-0.05, 0) is 78.1 Å². The number of rotatable bonds is 9. The molecule has 1 fully saturated rings. The summed E-state index contributed by atoms with van der Waals surface area (Å²) in [5.41, 5.74) is 7.26. The minimum Gasteiger partial charge on any atom is -0.330 e. The molecule has 2 aromatic carbocycles. The van der Waals surface area contributed by atoms with Crippen molar-refractivity contribution in [3.63, 3.8) is 0 Å². The molecule has 3 aromatic rings. The molecule has 0 spiro atoms. The van der Waals surface area contributed by atoms with Gasteiger partial charge in [-0.2, -0.15) is 0 Å². The molecule has 2 heterocycles. The summed E-state index contributed by atoms with van der Waals surface area (Å²) in [5.74, 6) is 1.58. The highest BCUT2D eigenvalue weighted by atomic mass is 16.2. The fourth-order valence-corrected chi connectivity index (χ4v) is 5.67. The van der Waals surface area contributed by atoms with Crippen LogP contribution in [0, 0.1) is 5.92 Å². The van der Waals surface area contributed by atoms with Crippen molar-refractivity contribution < 1.29 is 9.59 Å². The van der Waals surface area contributed by atoms with Gasteiger partial charge in [0.1, 0.15) is 5.82 Å². The number of nitrogens with zero attached hydrogens (tertiary/aromatic N) is 3. The van der Waals surface area contributed by atoms with Crippen LogP contribution in [0.2, 0.25) is 0 Å². The monoisotopic (exact) mass is 509 g/mol. The first kappa shape index (κ1) is 26.1. The average Bonchev–Trinajstić information content (AvgIpc) is 3.34. The number of aryl methyl sites for hydroxylation is 1. The van der Waals surface area contributed by atoms with E-state index in [1.165, 1.54) is 23.1 Å². The molecule has 1 aromatic heterocycles. The van der Waals surface area contributed by atoms with E-state index in [4.69, 9.17) is 4.98 Å². The summed E-state index contributed by atoms with van der Waals surface area (Å²) in [6, 6.07) is 16.6. The number of Topliss-reactive ketones (excluding diaryl/α,β-unsaturated/α-hetero) is 1. The van der Waals surface area contributed by atoms with E-state index in [0.717, 1.165) is 54.9 Å². The second kappa shape index (κ2) is 11.1. The Morgan fingerprint density at radius 3 is 2.32 bits per heavy atom. The Kier molecular flexibility index (Phi) is 7.64. The molecule has 0 bridgehead atoms. The molecule has 5 nitrogen and oxygen atoms in total. The Labute approximate surface area is 226 Å². The first-order valence-electron chi connectivity index (χ1n) is 14.2. The van der Waals surface area contributed by atoms with Crippen LogP contribution in [0.3, 0.4) is 0 Å². The van der Waals surface area contributed by atoms with Crippen molar-refractivity contribution in [2.45, 2.75) is 78.8 Å². The fraction of sp³-hybridized carbons (Fsp3) is 0.424. The highest BCUT2D eigenvalue weighted by Crippen LogP contribution is 2.42. The van der Waals surface area contributed by atoms with Crippen molar-refractivity contribution in [2.24, 2.45) is 5.92 Å². The van der Waals surface area contributed by atoms with Gasteiger partial charge in [0.05, 0.1) is 5.56 Å². The summed E-state index contributed by atoms with van der Waals surface area (Å²) in [6.07, 6.45) is 7.00. The largest absolute Gasteiger partial charge is 0.330 e.